The van der Waals surface area contributed by atoms with Gasteiger partial charge in [0.05, 0.1) is 10.5 Å². The molecule has 1 aliphatic heterocycles. The van der Waals surface area contributed by atoms with E-state index in [0.29, 0.717) is 17.1 Å². The summed E-state index contributed by atoms with van der Waals surface area (Å²) in [4.78, 5) is 24.9. The standard InChI is InChI=1S/C23H21N3O6S/c27-23(19-10-4-6-12-21(19)32-18-8-2-1-3-9-18)24-14-16-25(17-15-24)33(30,31)22-13-7-5-11-20(22)26(28)29/h1-13H,14-17H2. The van der Waals surface area contributed by atoms with Crippen LogP contribution in [0.4, 0.5) is 5.69 Å². The van der Waals surface area contributed by atoms with Crippen LogP contribution in [0.5, 0.6) is 11.5 Å². The van der Waals surface area contributed by atoms with Crippen molar-refractivity contribution in [1.29, 1.82) is 0 Å². The van der Waals surface area contributed by atoms with Crippen LogP contribution in [0.2, 0.25) is 0 Å². The van der Waals surface area contributed by atoms with Gasteiger partial charge in [-0.2, -0.15) is 4.31 Å². The number of benzene rings is 3. The summed E-state index contributed by atoms with van der Waals surface area (Å²) in [6.07, 6.45) is 0. The Hall–Kier alpha value is -3.76. The van der Waals surface area contributed by atoms with Crippen molar-refractivity contribution in [2.75, 3.05) is 26.2 Å². The van der Waals surface area contributed by atoms with Crippen LogP contribution >= 0.6 is 0 Å². The number of nitro benzene ring substituents is 1. The molecule has 1 fully saturated rings. The third kappa shape index (κ3) is 4.71. The van der Waals surface area contributed by atoms with E-state index in [1.807, 2.05) is 18.2 Å². The number of sulfonamides is 1. The molecule has 0 aliphatic carbocycles. The first-order valence-corrected chi connectivity index (χ1v) is 11.7. The Labute approximate surface area is 191 Å². The molecular formula is C23H21N3O6S. The number of carbonyl (C=O) groups is 1. The number of amides is 1. The van der Waals surface area contributed by atoms with Crippen molar-refractivity contribution in [1.82, 2.24) is 9.21 Å². The van der Waals surface area contributed by atoms with Crippen LogP contribution in [-0.4, -0.2) is 54.6 Å². The Morgan fingerprint density at radius 2 is 1.45 bits per heavy atom. The van der Waals surface area contributed by atoms with E-state index < -0.39 is 20.6 Å². The van der Waals surface area contributed by atoms with Gasteiger partial charge in [0.1, 0.15) is 11.5 Å². The van der Waals surface area contributed by atoms with Crippen LogP contribution in [0, 0.1) is 10.1 Å². The number of nitro groups is 1. The molecule has 10 heteroatoms. The zero-order valence-electron chi connectivity index (χ0n) is 17.5. The number of piperazine rings is 1. The Morgan fingerprint density at radius 1 is 0.848 bits per heavy atom. The molecule has 3 aromatic carbocycles. The van der Waals surface area contributed by atoms with Gasteiger partial charge in [-0.1, -0.05) is 42.5 Å². The van der Waals surface area contributed by atoms with E-state index in [1.54, 1.807) is 41.3 Å². The average molecular weight is 468 g/mol. The third-order valence-corrected chi connectivity index (χ3v) is 7.24. The average Bonchev–Trinajstić information content (AvgIpc) is 2.84. The molecule has 0 unspecified atom stereocenters. The molecule has 0 aromatic heterocycles. The molecule has 1 saturated heterocycles. The molecule has 1 heterocycles. The molecule has 9 nitrogen and oxygen atoms in total. The van der Waals surface area contributed by atoms with Crippen LogP contribution in [0.1, 0.15) is 10.4 Å². The highest BCUT2D eigenvalue weighted by Gasteiger charge is 2.35. The molecule has 0 spiro atoms. The van der Waals surface area contributed by atoms with Gasteiger partial charge >= 0.3 is 0 Å². The molecule has 0 N–H and O–H groups in total. The SMILES string of the molecule is O=C(c1ccccc1Oc1ccccc1)N1CCN(S(=O)(=O)c2ccccc2[N+](=O)[O-])CC1. The summed E-state index contributed by atoms with van der Waals surface area (Å²) in [5.41, 5.74) is -0.0978. The molecule has 170 valence electrons. The van der Waals surface area contributed by atoms with Crippen molar-refractivity contribution < 1.29 is 22.9 Å². The molecule has 0 atom stereocenters. The largest absolute Gasteiger partial charge is 0.457 e. The van der Waals surface area contributed by atoms with Gasteiger partial charge in [0.25, 0.3) is 11.6 Å². The van der Waals surface area contributed by atoms with Gasteiger partial charge in [-0.3, -0.25) is 14.9 Å². The number of hydrogen-bond acceptors (Lipinski definition) is 6. The summed E-state index contributed by atoms with van der Waals surface area (Å²) in [6, 6.07) is 21.2. The van der Waals surface area contributed by atoms with Gasteiger partial charge in [-0.25, -0.2) is 8.42 Å². The lowest BCUT2D eigenvalue weighted by Crippen LogP contribution is -2.50. The van der Waals surface area contributed by atoms with E-state index in [-0.39, 0.29) is 37.0 Å². The third-order valence-electron chi connectivity index (χ3n) is 5.29. The molecule has 1 amide bonds. The second-order valence-electron chi connectivity index (χ2n) is 7.33. The first-order chi connectivity index (χ1) is 15.9. The summed E-state index contributed by atoms with van der Waals surface area (Å²) in [5.74, 6) is 0.728. The molecule has 1 aliphatic rings. The predicted octanol–water partition coefficient (Wildman–Crippen LogP) is 3.53. The minimum absolute atomic E-state index is 0.0296. The highest BCUT2D eigenvalue weighted by Crippen LogP contribution is 2.29. The van der Waals surface area contributed by atoms with Crippen LogP contribution in [0.3, 0.4) is 0 Å². The van der Waals surface area contributed by atoms with Crippen LogP contribution in [0.15, 0.2) is 83.8 Å². The topological polar surface area (TPSA) is 110 Å². The monoisotopic (exact) mass is 467 g/mol. The summed E-state index contributed by atoms with van der Waals surface area (Å²) < 4.78 is 33.1. The maximum absolute atomic E-state index is 13.2. The fourth-order valence-electron chi connectivity index (χ4n) is 3.61. The maximum Gasteiger partial charge on any atom is 0.289 e. The summed E-state index contributed by atoms with van der Waals surface area (Å²) in [7, 11) is -4.07. The predicted molar refractivity (Wildman–Crippen MR) is 121 cm³/mol. The normalized spacial score (nSPS) is 14.6. The van der Waals surface area contributed by atoms with Crippen molar-refractivity contribution in [3.05, 3.63) is 94.5 Å². The second kappa shape index (κ2) is 9.39. The van der Waals surface area contributed by atoms with Gasteiger partial charge in [0, 0.05) is 32.2 Å². The zero-order chi connectivity index (χ0) is 23.4. The van der Waals surface area contributed by atoms with Gasteiger partial charge in [-0.15, -0.1) is 0 Å². The Balaban J connectivity index is 1.49. The van der Waals surface area contributed by atoms with Gasteiger partial charge in [-0.05, 0) is 30.3 Å². The van der Waals surface area contributed by atoms with E-state index in [4.69, 9.17) is 4.74 Å². The molecule has 0 bridgehead atoms. The minimum atomic E-state index is -4.07. The number of hydrogen-bond donors (Lipinski definition) is 0. The number of ether oxygens (including phenoxy) is 1. The molecule has 33 heavy (non-hydrogen) atoms. The van der Waals surface area contributed by atoms with E-state index >= 15 is 0 Å². The highest BCUT2D eigenvalue weighted by molar-refractivity contribution is 7.89. The Kier molecular flexibility index (Phi) is 6.38. The lowest BCUT2D eigenvalue weighted by molar-refractivity contribution is -0.387. The van der Waals surface area contributed by atoms with Crippen molar-refractivity contribution in [2.24, 2.45) is 0 Å². The van der Waals surface area contributed by atoms with Gasteiger partial charge in [0.2, 0.25) is 10.0 Å². The second-order valence-corrected chi connectivity index (χ2v) is 9.24. The van der Waals surface area contributed by atoms with E-state index in [1.165, 1.54) is 22.5 Å². The lowest BCUT2D eigenvalue weighted by atomic mass is 10.1. The van der Waals surface area contributed by atoms with Crippen LogP contribution in [-0.2, 0) is 10.0 Å². The Morgan fingerprint density at radius 3 is 2.15 bits per heavy atom. The van der Waals surface area contributed by atoms with E-state index in [2.05, 4.69) is 0 Å². The highest BCUT2D eigenvalue weighted by atomic mass is 32.2. The number of para-hydroxylation sites is 3. The van der Waals surface area contributed by atoms with Crippen LogP contribution in [0.25, 0.3) is 0 Å². The fourth-order valence-corrected chi connectivity index (χ4v) is 5.19. The maximum atomic E-state index is 13.2. The smallest absolute Gasteiger partial charge is 0.289 e. The quantitative estimate of drug-likeness (QED) is 0.405. The number of rotatable bonds is 6. The lowest BCUT2D eigenvalue weighted by Gasteiger charge is -2.34. The summed E-state index contributed by atoms with van der Waals surface area (Å²) in [6.45, 7) is 0.362. The van der Waals surface area contributed by atoms with Crippen molar-refractivity contribution in [2.45, 2.75) is 4.90 Å². The zero-order valence-corrected chi connectivity index (χ0v) is 18.3. The minimum Gasteiger partial charge on any atom is -0.457 e. The van der Waals surface area contributed by atoms with Crippen molar-refractivity contribution >= 4 is 21.6 Å². The first kappa shape index (κ1) is 22.4. The fraction of sp³-hybridized carbons (Fsp3) is 0.174. The van der Waals surface area contributed by atoms with E-state index in [0.717, 1.165) is 6.07 Å². The van der Waals surface area contributed by atoms with E-state index in [9.17, 15) is 23.3 Å². The van der Waals surface area contributed by atoms with Crippen LogP contribution < -0.4 is 4.74 Å². The molecule has 3 aromatic rings. The van der Waals surface area contributed by atoms with Gasteiger partial charge in [0.15, 0.2) is 4.90 Å². The first-order valence-electron chi connectivity index (χ1n) is 10.2. The summed E-state index contributed by atoms with van der Waals surface area (Å²) in [5, 5.41) is 11.3. The molecule has 4 rings (SSSR count). The summed E-state index contributed by atoms with van der Waals surface area (Å²) >= 11 is 0. The Bertz CT molecular complexity index is 1270. The molecule has 0 saturated carbocycles. The molecule has 0 radical (unpaired) electrons. The number of carbonyl (C=O) groups excluding carboxylic acids is 1. The molecular weight excluding hydrogens is 446 g/mol. The number of nitrogens with zero attached hydrogens (tertiary/aromatic N) is 3. The van der Waals surface area contributed by atoms with Crippen molar-refractivity contribution in [3.8, 4) is 11.5 Å². The van der Waals surface area contributed by atoms with Crippen molar-refractivity contribution in [3.63, 3.8) is 0 Å². The van der Waals surface area contributed by atoms with Gasteiger partial charge < -0.3 is 9.64 Å².